The third-order valence-corrected chi connectivity index (χ3v) is 2.04. The van der Waals surface area contributed by atoms with E-state index in [4.69, 9.17) is 27.9 Å². The summed E-state index contributed by atoms with van der Waals surface area (Å²) in [7, 11) is 0. The molecule has 0 N–H and O–H groups in total. The number of hydrogen-bond acceptors (Lipinski definition) is 3. The summed E-state index contributed by atoms with van der Waals surface area (Å²) >= 11 is 11.3. The van der Waals surface area contributed by atoms with Crippen molar-refractivity contribution in [3.8, 4) is 5.75 Å². The first-order valence-electron chi connectivity index (χ1n) is 3.80. The van der Waals surface area contributed by atoms with Crippen LogP contribution >= 0.6 is 23.2 Å². The lowest BCUT2D eigenvalue weighted by Gasteiger charge is -2.10. The molecule has 14 heavy (non-hydrogen) atoms. The smallest absolute Gasteiger partial charge is 0.128 e. The van der Waals surface area contributed by atoms with Crippen molar-refractivity contribution in [2.45, 2.75) is 5.88 Å². The number of hydrogen-bond donors (Lipinski definition) is 0. The van der Waals surface area contributed by atoms with Gasteiger partial charge in [-0.05, 0) is 18.2 Å². The Hall–Kier alpha value is -0.930. The molecule has 3 nitrogen and oxygen atoms in total. The van der Waals surface area contributed by atoms with E-state index in [0.717, 1.165) is 0 Å². The Balaban J connectivity index is 2.80. The van der Waals surface area contributed by atoms with Crippen LogP contribution in [0.2, 0.25) is 5.02 Å². The van der Waals surface area contributed by atoms with Crippen molar-refractivity contribution in [1.29, 1.82) is 0 Å². The Labute approximate surface area is 91.2 Å². The van der Waals surface area contributed by atoms with E-state index in [1.165, 1.54) is 0 Å². The molecule has 0 aliphatic heterocycles. The van der Waals surface area contributed by atoms with E-state index >= 15 is 0 Å². The Bertz CT molecular complexity index is 339. The van der Waals surface area contributed by atoms with Crippen LogP contribution in [0.3, 0.4) is 0 Å². The molecule has 0 fully saturated rings. The van der Waals surface area contributed by atoms with Crippen LogP contribution < -0.4 is 9.84 Å². The maximum atomic E-state index is 10.1. The molecule has 0 spiro atoms. The molecule has 0 aromatic heterocycles. The van der Waals surface area contributed by atoms with Crippen LogP contribution in [0.5, 0.6) is 5.75 Å². The van der Waals surface area contributed by atoms with Crippen LogP contribution in [0.4, 0.5) is 0 Å². The lowest BCUT2D eigenvalue weighted by Crippen LogP contribution is -2.29. The van der Waals surface area contributed by atoms with Crippen LogP contribution in [0.25, 0.3) is 0 Å². The zero-order valence-electron chi connectivity index (χ0n) is 7.13. The second-order valence-electron chi connectivity index (χ2n) is 2.55. The van der Waals surface area contributed by atoms with Gasteiger partial charge in [-0.3, -0.25) is 0 Å². The average molecular weight is 234 g/mol. The number of rotatable bonds is 4. The number of benzene rings is 1. The predicted molar refractivity (Wildman–Crippen MR) is 51.5 cm³/mol. The molecule has 0 aliphatic carbocycles. The van der Waals surface area contributed by atoms with Crippen LogP contribution in [-0.2, 0) is 10.7 Å². The molecule has 0 amide bonds. The van der Waals surface area contributed by atoms with Gasteiger partial charge in [0.2, 0.25) is 0 Å². The van der Waals surface area contributed by atoms with Crippen molar-refractivity contribution in [1.82, 2.24) is 0 Å². The first-order valence-corrected chi connectivity index (χ1v) is 4.71. The molecule has 1 aromatic rings. The molecule has 0 heterocycles. The maximum absolute atomic E-state index is 10.1. The largest absolute Gasteiger partial charge is 0.546 e. The minimum absolute atomic E-state index is 0.211. The molecular weight excluding hydrogens is 227 g/mol. The SMILES string of the molecule is O=C([O-])COc1ccc(Cl)cc1CCl. The van der Waals surface area contributed by atoms with Gasteiger partial charge in [0.15, 0.2) is 0 Å². The Morgan fingerprint density at radius 1 is 1.50 bits per heavy atom. The molecule has 0 radical (unpaired) electrons. The Kier molecular flexibility index (Phi) is 4.04. The van der Waals surface area contributed by atoms with Crippen LogP contribution in [0.1, 0.15) is 5.56 Å². The number of halogens is 2. The molecular formula is C9H7Cl2O3-. The number of carbonyl (C=O) groups excluding carboxylic acids is 1. The summed E-state index contributed by atoms with van der Waals surface area (Å²) in [6, 6.07) is 4.80. The quantitative estimate of drug-likeness (QED) is 0.735. The van der Waals surface area contributed by atoms with Gasteiger partial charge in [-0.15, -0.1) is 11.6 Å². The molecule has 0 saturated carbocycles. The van der Waals surface area contributed by atoms with Gasteiger partial charge < -0.3 is 14.6 Å². The van der Waals surface area contributed by atoms with Crippen molar-refractivity contribution >= 4 is 29.2 Å². The highest BCUT2D eigenvalue weighted by Crippen LogP contribution is 2.24. The fraction of sp³-hybridized carbons (Fsp3) is 0.222. The van der Waals surface area contributed by atoms with Gasteiger partial charge in [0, 0.05) is 10.6 Å². The topological polar surface area (TPSA) is 49.4 Å². The molecule has 0 atom stereocenters. The molecule has 5 heteroatoms. The first kappa shape index (κ1) is 11.1. The number of carboxylic acid groups (broad SMARTS) is 1. The molecule has 0 saturated heterocycles. The van der Waals surface area contributed by atoms with E-state index in [1.807, 2.05) is 0 Å². The van der Waals surface area contributed by atoms with Gasteiger partial charge in [-0.1, -0.05) is 11.6 Å². The van der Waals surface area contributed by atoms with Gasteiger partial charge in [0.1, 0.15) is 12.4 Å². The number of carbonyl (C=O) groups is 1. The Morgan fingerprint density at radius 3 is 2.79 bits per heavy atom. The lowest BCUT2D eigenvalue weighted by molar-refractivity contribution is -0.307. The molecule has 1 rings (SSSR count). The summed E-state index contributed by atoms with van der Waals surface area (Å²) in [6.07, 6.45) is 0. The van der Waals surface area contributed by atoms with E-state index in [2.05, 4.69) is 0 Å². The van der Waals surface area contributed by atoms with Gasteiger partial charge in [0.25, 0.3) is 0 Å². The highest BCUT2D eigenvalue weighted by molar-refractivity contribution is 6.30. The van der Waals surface area contributed by atoms with Gasteiger partial charge >= 0.3 is 0 Å². The van der Waals surface area contributed by atoms with Crippen molar-refractivity contribution in [2.24, 2.45) is 0 Å². The molecule has 1 aromatic carbocycles. The minimum Gasteiger partial charge on any atom is -0.546 e. The van der Waals surface area contributed by atoms with E-state index < -0.39 is 12.6 Å². The summed E-state index contributed by atoms with van der Waals surface area (Å²) < 4.78 is 4.94. The number of carboxylic acids is 1. The standard InChI is InChI=1S/C9H8Cl2O3/c10-4-6-3-7(11)1-2-8(6)14-5-9(12)13/h1-3H,4-5H2,(H,12,13)/p-1. The van der Waals surface area contributed by atoms with Crippen molar-refractivity contribution in [2.75, 3.05) is 6.61 Å². The predicted octanol–water partition coefficient (Wildman–Crippen LogP) is 1.21. The molecule has 0 unspecified atom stereocenters. The van der Waals surface area contributed by atoms with Crippen LogP contribution in [0.15, 0.2) is 18.2 Å². The summed E-state index contributed by atoms with van der Waals surface area (Å²) in [4.78, 5) is 10.1. The second kappa shape index (κ2) is 5.08. The third-order valence-electron chi connectivity index (χ3n) is 1.51. The lowest BCUT2D eigenvalue weighted by atomic mass is 10.2. The monoisotopic (exact) mass is 233 g/mol. The van der Waals surface area contributed by atoms with Crippen LogP contribution in [0, 0.1) is 0 Å². The maximum Gasteiger partial charge on any atom is 0.128 e. The fourth-order valence-corrected chi connectivity index (χ4v) is 1.33. The highest BCUT2D eigenvalue weighted by atomic mass is 35.5. The fourth-order valence-electron chi connectivity index (χ4n) is 0.930. The molecule has 0 aliphatic rings. The number of ether oxygens (including phenoxy) is 1. The number of alkyl halides is 1. The zero-order chi connectivity index (χ0) is 10.6. The summed E-state index contributed by atoms with van der Waals surface area (Å²) in [5.74, 6) is -0.655. The van der Waals surface area contributed by atoms with Gasteiger partial charge in [-0.2, -0.15) is 0 Å². The van der Waals surface area contributed by atoms with Crippen molar-refractivity contribution < 1.29 is 14.6 Å². The zero-order valence-corrected chi connectivity index (χ0v) is 8.64. The minimum atomic E-state index is -1.28. The van der Waals surface area contributed by atoms with E-state index in [1.54, 1.807) is 18.2 Å². The van der Waals surface area contributed by atoms with Crippen molar-refractivity contribution in [3.05, 3.63) is 28.8 Å². The summed E-state index contributed by atoms with van der Waals surface area (Å²) in [5, 5.41) is 10.7. The summed E-state index contributed by atoms with van der Waals surface area (Å²) in [5.41, 5.74) is 0.653. The van der Waals surface area contributed by atoms with Gasteiger partial charge in [-0.25, -0.2) is 0 Å². The number of aliphatic carboxylic acids is 1. The molecule has 0 bridgehead atoms. The van der Waals surface area contributed by atoms with Gasteiger partial charge in [0.05, 0.1) is 11.8 Å². The first-order chi connectivity index (χ1) is 6.63. The third kappa shape index (κ3) is 3.09. The Morgan fingerprint density at radius 2 is 2.21 bits per heavy atom. The second-order valence-corrected chi connectivity index (χ2v) is 3.25. The highest BCUT2D eigenvalue weighted by Gasteiger charge is 2.03. The van der Waals surface area contributed by atoms with Crippen molar-refractivity contribution in [3.63, 3.8) is 0 Å². The summed E-state index contributed by atoms with van der Waals surface area (Å²) in [6.45, 7) is -0.495. The van der Waals surface area contributed by atoms with E-state index in [0.29, 0.717) is 16.3 Å². The average Bonchev–Trinajstić information content (AvgIpc) is 2.15. The van der Waals surface area contributed by atoms with E-state index in [-0.39, 0.29) is 5.88 Å². The van der Waals surface area contributed by atoms with Crippen LogP contribution in [-0.4, -0.2) is 12.6 Å². The normalized spacial score (nSPS) is 9.86. The van der Waals surface area contributed by atoms with E-state index in [9.17, 15) is 9.90 Å². The molecule has 76 valence electrons.